The summed E-state index contributed by atoms with van der Waals surface area (Å²) in [4.78, 5) is 15.7. The number of pyridine rings is 1. The number of para-hydroxylation sites is 1. The summed E-state index contributed by atoms with van der Waals surface area (Å²) in [5, 5.41) is 2.60. The minimum absolute atomic E-state index is 0.203. The number of rotatable bonds is 2. The molecule has 1 aromatic carbocycles. The minimum Gasteiger partial charge on any atom is -0.492 e. The van der Waals surface area contributed by atoms with Crippen molar-refractivity contribution in [3.05, 3.63) is 54.0 Å². The summed E-state index contributed by atoms with van der Waals surface area (Å²) in [7, 11) is 0. The average Bonchev–Trinajstić information content (AvgIpc) is 2.82. The van der Waals surface area contributed by atoms with Gasteiger partial charge >= 0.3 is 0 Å². The highest BCUT2D eigenvalue weighted by Gasteiger charge is 2.30. The van der Waals surface area contributed by atoms with Crippen LogP contribution in [0.2, 0.25) is 0 Å². The van der Waals surface area contributed by atoms with Crippen molar-refractivity contribution in [2.45, 2.75) is 5.92 Å². The summed E-state index contributed by atoms with van der Waals surface area (Å²) in [6.07, 6.45) is 0. The van der Waals surface area contributed by atoms with Gasteiger partial charge in [0.2, 0.25) is 11.9 Å². The van der Waals surface area contributed by atoms with Gasteiger partial charge in [-0.2, -0.15) is 4.39 Å². The lowest BCUT2D eigenvalue weighted by molar-refractivity contribution is -0.117. The molecule has 0 saturated carbocycles. The SMILES string of the molecule is O=C(Nc1cccc(F)n1)C1COc2ccccc21. The molecule has 0 fully saturated rings. The average molecular weight is 258 g/mol. The van der Waals surface area contributed by atoms with Gasteiger partial charge < -0.3 is 10.1 Å². The molecule has 3 rings (SSSR count). The topological polar surface area (TPSA) is 51.2 Å². The van der Waals surface area contributed by atoms with E-state index in [1.165, 1.54) is 12.1 Å². The predicted molar refractivity (Wildman–Crippen MR) is 67.5 cm³/mol. The Morgan fingerprint density at radius 2 is 2.11 bits per heavy atom. The standard InChI is InChI=1S/C14H11FN2O2/c15-12-6-3-7-13(16-12)17-14(18)10-8-19-11-5-2-1-4-9(10)11/h1-7,10H,8H2,(H,16,17,18). The van der Waals surface area contributed by atoms with Crippen molar-refractivity contribution < 1.29 is 13.9 Å². The predicted octanol–water partition coefficient (Wildman–Crippen LogP) is 2.34. The van der Waals surface area contributed by atoms with E-state index in [2.05, 4.69) is 10.3 Å². The molecule has 0 radical (unpaired) electrons. The number of fused-ring (bicyclic) bond motifs is 1. The molecule has 1 aliphatic rings. The first-order valence-electron chi connectivity index (χ1n) is 5.89. The van der Waals surface area contributed by atoms with Crippen LogP contribution in [0.25, 0.3) is 0 Å². The van der Waals surface area contributed by atoms with Crippen molar-refractivity contribution in [3.8, 4) is 5.75 Å². The minimum atomic E-state index is -0.624. The number of hydrogen-bond acceptors (Lipinski definition) is 3. The smallest absolute Gasteiger partial charge is 0.236 e. The number of nitrogens with one attached hydrogen (secondary N) is 1. The molecular weight excluding hydrogens is 247 g/mol. The van der Waals surface area contributed by atoms with Crippen LogP contribution in [0.5, 0.6) is 5.75 Å². The van der Waals surface area contributed by atoms with Gasteiger partial charge in [0.25, 0.3) is 0 Å². The molecule has 1 unspecified atom stereocenters. The third-order valence-electron chi connectivity index (χ3n) is 2.98. The van der Waals surface area contributed by atoms with Gasteiger partial charge in [-0.25, -0.2) is 4.98 Å². The first-order chi connectivity index (χ1) is 9.24. The third-order valence-corrected chi connectivity index (χ3v) is 2.98. The van der Waals surface area contributed by atoms with Crippen molar-refractivity contribution in [2.24, 2.45) is 0 Å². The highest BCUT2D eigenvalue weighted by Crippen LogP contribution is 2.33. The van der Waals surface area contributed by atoms with Crippen LogP contribution in [-0.2, 0) is 4.79 Å². The van der Waals surface area contributed by atoms with Gasteiger partial charge in [-0.05, 0) is 18.2 Å². The summed E-state index contributed by atoms with van der Waals surface area (Å²) in [5.41, 5.74) is 0.844. The monoisotopic (exact) mass is 258 g/mol. The summed E-state index contributed by atoms with van der Waals surface area (Å²) >= 11 is 0. The lowest BCUT2D eigenvalue weighted by Crippen LogP contribution is -2.22. The molecule has 1 aliphatic heterocycles. The Bertz CT molecular complexity index is 630. The van der Waals surface area contributed by atoms with Crippen LogP contribution in [0.4, 0.5) is 10.2 Å². The number of ether oxygens (including phenoxy) is 1. The molecule has 2 aromatic rings. The number of nitrogens with zero attached hydrogens (tertiary/aromatic N) is 1. The van der Waals surface area contributed by atoms with E-state index in [0.717, 1.165) is 11.3 Å². The highest BCUT2D eigenvalue weighted by atomic mass is 19.1. The Labute approximate surface area is 109 Å². The maximum absolute atomic E-state index is 12.9. The zero-order valence-corrected chi connectivity index (χ0v) is 9.97. The molecular formula is C14H11FN2O2. The van der Waals surface area contributed by atoms with E-state index in [1.807, 2.05) is 24.3 Å². The van der Waals surface area contributed by atoms with Crippen LogP contribution in [0.15, 0.2) is 42.5 Å². The first-order valence-corrected chi connectivity index (χ1v) is 5.89. The highest BCUT2D eigenvalue weighted by molar-refractivity contribution is 5.96. The molecule has 96 valence electrons. The zero-order chi connectivity index (χ0) is 13.2. The molecule has 1 amide bonds. The largest absolute Gasteiger partial charge is 0.492 e. The van der Waals surface area contributed by atoms with Gasteiger partial charge in [-0.1, -0.05) is 24.3 Å². The van der Waals surface area contributed by atoms with Crippen molar-refractivity contribution >= 4 is 11.7 Å². The Hall–Kier alpha value is -2.43. The first kappa shape index (κ1) is 11.6. The van der Waals surface area contributed by atoms with Gasteiger partial charge in [0, 0.05) is 5.56 Å². The number of carbonyl (C=O) groups is 1. The number of halogens is 1. The number of carbonyl (C=O) groups excluding carboxylic acids is 1. The Balaban J connectivity index is 1.79. The summed E-state index contributed by atoms with van der Waals surface area (Å²) in [5.74, 6) is -0.338. The number of amides is 1. The van der Waals surface area contributed by atoms with Crippen molar-refractivity contribution in [2.75, 3.05) is 11.9 Å². The third kappa shape index (κ3) is 2.27. The normalized spacial score (nSPS) is 16.6. The van der Waals surface area contributed by atoms with Gasteiger partial charge in [-0.15, -0.1) is 0 Å². The summed E-state index contributed by atoms with van der Waals surface area (Å²) in [6, 6.07) is 11.7. The van der Waals surface area contributed by atoms with Gasteiger partial charge in [-0.3, -0.25) is 4.79 Å². The quantitative estimate of drug-likeness (QED) is 0.841. The molecule has 19 heavy (non-hydrogen) atoms. The van der Waals surface area contributed by atoms with E-state index >= 15 is 0 Å². The molecule has 2 heterocycles. The molecule has 0 bridgehead atoms. The van der Waals surface area contributed by atoms with Crippen molar-refractivity contribution in [1.82, 2.24) is 4.98 Å². The fraction of sp³-hybridized carbons (Fsp3) is 0.143. The number of anilines is 1. The van der Waals surface area contributed by atoms with Crippen LogP contribution in [0.1, 0.15) is 11.5 Å². The van der Waals surface area contributed by atoms with Crippen LogP contribution >= 0.6 is 0 Å². The Morgan fingerprint density at radius 3 is 2.95 bits per heavy atom. The maximum atomic E-state index is 12.9. The van der Waals surface area contributed by atoms with Gasteiger partial charge in [0.05, 0.1) is 0 Å². The molecule has 0 spiro atoms. The van der Waals surface area contributed by atoms with E-state index in [9.17, 15) is 9.18 Å². The summed E-state index contributed by atoms with van der Waals surface area (Å²) in [6.45, 7) is 0.292. The van der Waals surface area contributed by atoms with Crippen LogP contribution < -0.4 is 10.1 Å². The lowest BCUT2D eigenvalue weighted by Gasteiger charge is -2.09. The van der Waals surface area contributed by atoms with Gasteiger partial charge in [0.15, 0.2) is 0 Å². The van der Waals surface area contributed by atoms with E-state index in [4.69, 9.17) is 4.74 Å². The lowest BCUT2D eigenvalue weighted by atomic mass is 10.0. The molecule has 0 saturated heterocycles. The van der Waals surface area contributed by atoms with Gasteiger partial charge in [0.1, 0.15) is 24.1 Å². The van der Waals surface area contributed by atoms with E-state index in [0.29, 0.717) is 6.61 Å². The van der Waals surface area contributed by atoms with Crippen LogP contribution in [0, 0.1) is 5.95 Å². The second-order valence-corrected chi connectivity index (χ2v) is 4.24. The number of benzene rings is 1. The molecule has 1 atom stereocenters. The Kier molecular flexibility index (Phi) is 2.87. The van der Waals surface area contributed by atoms with E-state index in [-0.39, 0.29) is 17.6 Å². The van der Waals surface area contributed by atoms with E-state index < -0.39 is 5.95 Å². The second kappa shape index (κ2) is 4.68. The second-order valence-electron chi connectivity index (χ2n) is 4.24. The number of aromatic nitrogens is 1. The fourth-order valence-corrected chi connectivity index (χ4v) is 2.07. The number of hydrogen-bond donors (Lipinski definition) is 1. The maximum Gasteiger partial charge on any atom is 0.236 e. The summed E-state index contributed by atoms with van der Waals surface area (Å²) < 4.78 is 18.4. The molecule has 0 aliphatic carbocycles. The zero-order valence-electron chi connectivity index (χ0n) is 9.97. The van der Waals surface area contributed by atoms with Crippen LogP contribution in [0.3, 0.4) is 0 Å². The van der Waals surface area contributed by atoms with E-state index in [1.54, 1.807) is 6.07 Å². The van der Waals surface area contributed by atoms with Crippen molar-refractivity contribution in [1.29, 1.82) is 0 Å². The molecule has 4 nitrogen and oxygen atoms in total. The molecule has 1 N–H and O–H groups in total. The van der Waals surface area contributed by atoms with Crippen LogP contribution in [-0.4, -0.2) is 17.5 Å². The molecule has 5 heteroatoms. The molecule has 1 aromatic heterocycles. The fourth-order valence-electron chi connectivity index (χ4n) is 2.07. The Morgan fingerprint density at radius 1 is 1.26 bits per heavy atom. The van der Waals surface area contributed by atoms with Crippen molar-refractivity contribution in [3.63, 3.8) is 0 Å².